The maximum absolute atomic E-state index is 12.2. The van der Waals surface area contributed by atoms with E-state index < -0.39 is 0 Å². The molecule has 5 nitrogen and oxygen atoms in total. The number of likely N-dealkylation sites (tertiary alicyclic amines) is 1. The number of hydrogen-bond acceptors (Lipinski definition) is 4. The van der Waals surface area contributed by atoms with E-state index in [4.69, 9.17) is 0 Å². The number of carbonyl (C=O) groups is 2. The van der Waals surface area contributed by atoms with E-state index in [-0.39, 0.29) is 17.9 Å². The molecule has 2 amide bonds. The van der Waals surface area contributed by atoms with Crippen molar-refractivity contribution >= 4 is 11.8 Å². The summed E-state index contributed by atoms with van der Waals surface area (Å²) in [6.45, 7) is 2.92. The molecule has 0 radical (unpaired) electrons. The number of piperazine rings is 1. The average Bonchev–Trinajstić information content (AvgIpc) is 2.37. The third-order valence-electron chi connectivity index (χ3n) is 3.91. The minimum atomic E-state index is -0.0599. The lowest BCUT2D eigenvalue weighted by Gasteiger charge is -2.45. The molecule has 0 spiro atoms. The third kappa shape index (κ3) is 2.59. The molecule has 2 heterocycles. The SMILES string of the molecule is CN1CC(N2C(=O)CN(Cc3ccccc3)CC2=O)C1. The van der Waals surface area contributed by atoms with E-state index in [1.54, 1.807) is 0 Å². The molecule has 2 aliphatic rings. The Bertz CT molecular complexity index is 493. The quantitative estimate of drug-likeness (QED) is 0.737. The van der Waals surface area contributed by atoms with Crippen LogP contribution >= 0.6 is 0 Å². The lowest BCUT2D eigenvalue weighted by atomic mass is 10.1. The van der Waals surface area contributed by atoms with Gasteiger partial charge in [-0.1, -0.05) is 30.3 Å². The summed E-state index contributed by atoms with van der Waals surface area (Å²) >= 11 is 0. The van der Waals surface area contributed by atoms with Crippen LogP contribution < -0.4 is 0 Å². The third-order valence-corrected chi connectivity index (χ3v) is 3.91. The zero-order valence-electron chi connectivity index (χ0n) is 11.7. The molecule has 0 N–H and O–H groups in total. The summed E-state index contributed by atoms with van der Waals surface area (Å²) in [5.41, 5.74) is 1.13. The summed E-state index contributed by atoms with van der Waals surface area (Å²) < 4.78 is 0. The average molecular weight is 273 g/mol. The second-order valence-electron chi connectivity index (χ2n) is 5.66. The predicted octanol–water partition coefficient (Wildman–Crippen LogP) is 0.171. The number of likely N-dealkylation sites (N-methyl/N-ethyl adjacent to an activating group) is 1. The van der Waals surface area contributed by atoms with Crippen molar-refractivity contribution in [2.24, 2.45) is 0 Å². The highest BCUT2D eigenvalue weighted by Crippen LogP contribution is 2.18. The Labute approximate surface area is 118 Å². The molecule has 0 saturated carbocycles. The topological polar surface area (TPSA) is 43.9 Å². The summed E-state index contributed by atoms with van der Waals surface area (Å²) in [5, 5.41) is 0. The zero-order chi connectivity index (χ0) is 14.1. The van der Waals surface area contributed by atoms with Crippen LogP contribution in [0.4, 0.5) is 0 Å². The summed E-state index contributed by atoms with van der Waals surface area (Å²) in [7, 11) is 2.00. The van der Waals surface area contributed by atoms with Crippen molar-refractivity contribution in [2.75, 3.05) is 33.2 Å². The van der Waals surface area contributed by atoms with Crippen molar-refractivity contribution in [3.8, 4) is 0 Å². The first kappa shape index (κ1) is 13.3. The van der Waals surface area contributed by atoms with Crippen molar-refractivity contribution < 1.29 is 9.59 Å². The molecular formula is C15H19N3O2. The number of benzene rings is 1. The summed E-state index contributed by atoms with van der Waals surface area (Å²) in [6.07, 6.45) is 0. The standard InChI is InChI=1S/C15H19N3O2/c1-16-8-13(9-16)18-14(19)10-17(11-15(18)20)7-12-5-3-2-4-6-12/h2-6,13H,7-11H2,1H3. The molecule has 3 rings (SSSR count). The minimum absolute atomic E-state index is 0.0599. The van der Waals surface area contributed by atoms with Crippen molar-refractivity contribution in [3.05, 3.63) is 35.9 Å². The van der Waals surface area contributed by atoms with E-state index in [2.05, 4.69) is 4.90 Å². The number of carbonyl (C=O) groups excluding carboxylic acids is 2. The largest absolute Gasteiger partial charge is 0.302 e. The molecule has 0 atom stereocenters. The molecule has 2 fully saturated rings. The van der Waals surface area contributed by atoms with Crippen LogP contribution in [0.1, 0.15) is 5.56 Å². The van der Waals surface area contributed by atoms with Gasteiger partial charge in [0.15, 0.2) is 0 Å². The van der Waals surface area contributed by atoms with Gasteiger partial charge in [0.2, 0.25) is 11.8 Å². The fraction of sp³-hybridized carbons (Fsp3) is 0.467. The van der Waals surface area contributed by atoms with Crippen LogP contribution in [-0.2, 0) is 16.1 Å². The highest BCUT2D eigenvalue weighted by atomic mass is 16.2. The predicted molar refractivity (Wildman–Crippen MR) is 74.9 cm³/mol. The second-order valence-corrected chi connectivity index (χ2v) is 5.66. The van der Waals surface area contributed by atoms with E-state index in [0.29, 0.717) is 19.6 Å². The molecule has 20 heavy (non-hydrogen) atoms. The second kappa shape index (κ2) is 5.34. The first-order valence-corrected chi connectivity index (χ1v) is 6.93. The summed E-state index contributed by atoms with van der Waals surface area (Å²) in [5.74, 6) is -0.120. The molecule has 0 aliphatic carbocycles. The molecule has 0 bridgehead atoms. The highest BCUT2D eigenvalue weighted by molar-refractivity contribution is 6.00. The van der Waals surface area contributed by atoms with Crippen LogP contribution in [0.5, 0.6) is 0 Å². The van der Waals surface area contributed by atoms with Crippen LogP contribution in [-0.4, -0.2) is 65.8 Å². The van der Waals surface area contributed by atoms with Gasteiger partial charge in [-0.15, -0.1) is 0 Å². The van der Waals surface area contributed by atoms with E-state index in [9.17, 15) is 9.59 Å². The molecular weight excluding hydrogens is 254 g/mol. The first-order chi connectivity index (χ1) is 9.63. The van der Waals surface area contributed by atoms with Crippen molar-refractivity contribution in [2.45, 2.75) is 12.6 Å². The monoisotopic (exact) mass is 273 g/mol. The Kier molecular flexibility index (Phi) is 3.54. The van der Waals surface area contributed by atoms with Gasteiger partial charge < -0.3 is 4.90 Å². The molecule has 2 saturated heterocycles. The van der Waals surface area contributed by atoms with Crippen LogP contribution in [0.2, 0.25) is 0 Å². The molecule has 0 unspecified atom stereocenters. The molecule has 2 aliphatic heterocycles. The number of imide groups is 1. The summed E-state index contributed by atoms with van der Waals surface area (Å²) in [4.78, 5) is 29.9. The lowest BCUT2D eigenvalue weighted by Crippen LogP contribution is -2.65. The van der Waals surface area contributed by atoms with Gasteiger partial charge in [0.05, 0.1) is 19.1 Å². The van der Waals surface area contributed by atoms with E-state index in [1.165, 1.54) is 4.90 Å². The molecule has 5 heteroatoms. The lowest BCUT2D eigenvalue weighted by molar-refractivity contribution is -0.158. The maximum Gasteiger partial charge on any atom is 0.243 e. The molecule has 0 aromatic heterocycles. The zero-order valence-corrected chi connectivity index (χ0v) is 11.7. The van der Waals surface area contributed by atoms with E-state index >= 15 is 0 Å². The van der Waals surface area contributed by atoms with E-state index in [1.807, 2.05) is 42.3 Å². The van der Waals surface area contributed by atoms with Gasteiger partial charge in [-0.3, -0.25) is 19.4 Å². The van der Waals surface area contributed by atoms with Crippen LogP contribution in [0.15, 0.2) is 30.3 Å². The van der Waals surface area contributed by atoms with Gasteiger partial charge in [-0.25, -0.2) is 0 Å². The van der Waals surface area contributed by atoms with Crippen molar-refractivity contribution in [1.29, 1.82) is 0 Å². The maximum atomic E-state index is 12.2. The molecule has 1 aromatic carbocycles. The fourth-order valence-corrected chi connectivity index (χ4v) is 2.92. The number of rotatable bonds is 3. The fourth-order valence-electron chi connectivity index (χ4n) is 2.92. The Morgan fingerprint density at radius 3 is 2.20 bits per heavy atom. The Morgan fingerprint density at radius 2 is 1.65 bits per heavy atom. The van der Waals surface area contributed by atoms with Gasteiger partial charge in [0.1, 0.15) is 0 Å². The van der Waals surface area contributed by atoms with Gasteiger partial charge in [0, 0.05) is 19.6 Å². The van der Waals surface area contributed by atoms with Crippen molar-refractivity contribution in [1.82, 2.24) is 14.7 Å². The van der Waals surface area contributed by atoms with Gasteiger partial charge in [0.25, 0.3) is 0 Å². The first-order valence-electron chi connectivity index (χ1n) is 6.93. The molecule has 106 valence electrons. The van der Waals surface area contributed by atoms with Crippen LogP contribution in [0.25, 0.3) is 0 Å². The normalized spacial score (nSPS) is 22.1. The minimum Gasteiger partial charge on any atom is -0.302 e. The van der Waals surface area contributed by atoms with Crippen LogP contribution in [0.3, 0.4) is 0 Å². The number of nitrogens with zero attached hydrogens (tertiary/aromatic N) is 3. The summed E-state index contributed by atoms with van der Waals surface area (Å²) in [6, 6.07) is 10.0. The number of amides is 2. The van der Waals surface area contributed by atoms with E-state index in [0.717, 1.165) is 18.7 Å². The smallest absolute Gasteiger partial charge is 0.243 e. The van der Waals surface area contributed by atoms with Crippen LogP contribution in [0, 0.1) is 0 Å². The Morgan fingerprint density at radius 1 is 1.05 bits per heavy atom. The highest BCUT2D eigenvalue weighted by Gasteiger charge is 2.40. The molecule has 1 aromatic rings. The Balaban J connectivity index is 1.62. The van der Waals surface area contributed by atoms with Gasteiger partial charge in [-0.2, -0.15) is 0 Å². The van der Waals surface area contributed by atoms with Gasteiger partial charge in [-0.05, 0) is 12.6 Å². The van der Waals surface area contributed by atoms with Crippen molar-refractivity contribution in [3.63, 3.8) is 0 Å². The van der Waals surface area contributed by atoms with Gasteiger partial charge >= 0.3 is 0 Å². The number of hydrogen-bond donors (Lipinski definition) is 0. The Hall–Kier alpha value is -1.72.